The van der Waals surface area contributed by atoms with Gasteiger partial charge in [0.05, 0.1) is 18.7 Å². The van der Waals surface area contributed by atoms with Gasteiger partial charge in [-0.1, -0.05) is 36.4 Å². The van der Waals surface area contributed by atoms with Gasteiger partial charge in [0.1, 0.15) is 5.75 Å². The smallest absolute Gasteiger partial charge is 0.180 e. The van der Waals surface area contributed by atoms with E-state index in [2.05, 4.69) is 47.2 Å². The highest BCUT2D eigenvalue weighted by Crippen LogP contribution is 2.23. The van der Waals surface area contributed by atoms with Gasteiger partial charge in [0.25, 0.3) is 0 Å². The SMILES string of the molecule is CCOc1cc(CCc2ccccc2)ccc1C(=O)CN1CCN(C)CC1.Cl.Cl. The van der Waals surface area contributed by atoms with E-state index in [0.29, 0.717) is 18.7 Å². The van der Waals surface area contributed by atoms with Crippen LogP contribution in [0.1, 0.15) is 28.4 Å². The highest BCUT2D eigenvalue weighted by molar-refractivity contribution is 6.00. The van der Waals surface area contributed by atoms with Crippen molar-refractivity contribution in [2.45, 2.75) is 19.8 Å². The topological polar surface area (TPSA) is 32.8 Å². The van der Waals surface area contributed by atoms with Crippen molar-refractivity contribution >= 4 is 30.6 Å². The summed E-state index contributed by atoms with van der Waals surface area (Å²) in [6, 6.07) is 16.5. The number of benzene rings is 2. The second-order valence-electron chi connectivity index (χ2n) is 7.25. The van der Waals surface area contributed by atoms with Crippen molar-refractivity contribution in [3.05, 3.63) is 65.2 Å². The molecule has 3 rings (SSSR count). The number of piperazine rings is 1. The molecule has 0 bridgehead atoms. The minimum Gasteiger partial charge on any atom is -0.493 e. The summed E-state index contributed by atoms with van der Waals surface area (Å²) in [6.07, 6.45) is 1.93. The Morgan fingerprint density at radius 2 is 1.59 bits per heavy atom. The lowest BCUT2D eigenvalue weighted by Gasteiger charge is -2.31. The Hall–Kier alpha value is -1.59. The van der Waals surface area contributed by atoms with Gasteiger partial charge >= 0.3 is 0 Å². The molecule has 1 heterocycles. The molecule has 0 aliphatic carbocycles. The van der Waals surface area contributed by atoms with E-state index in [1.54, 1.807) is 0 Å². The fourth-order valence-corrected chi connectivity index (χ4v) is 3.46. The van der Waals surface area contributed by atoms with Crippen LogP contribution in [0.4, 0.5) is 0 Å². The maximum absolute atomic E-state index is 12.8. The lowest BCUT2D eigenvalue weighted by atomic mass is 10.0. The molecule has 2 aromatic rings. The number of Topliss-reactive ketones (excluding diaryl/α,β-unsaturated/α-hetero) is 1. The van der Waals surface area contributed by atoms with Crippen molar-refractivity contribution in [3.63, 3.8) is 0 Å². The molecule has 0 unspecified atom stereocenters. The summed E-state index contributed by atoms with van der Waals surface area (Å²) in [5.74, 6) is 0.875. The number of ketones is 1. The maximum Gasteiger partial charge on any atom is 0.180 e. The summed E-state index contributed by atoms with van der Waals surface area (Å²) in [5, 5.41) is 0. The van der Waals surface area contributed by atoms with Crippen molar-refractivity contribution < 1.29 is 9.53 Å². The number of halogens is 2. The third-order valence-electron chi connectivity index (χ3n) is 5.15. The van der Waals surface area contributed by atoms with E-state index in [4.69, 9.17) is 4.74 Å². The first kappa shape index (κ1) is 25.4. The van der Waals surface area contributed by atoms with Gasteiger partial charge in [0.2, 0.25) is 0 Å². The van der Waals surface area contributed by atoms with Gasteiger partial charge in [-0.3, -0.25) is 9.69 Å². The first-order valence-corrected chi connectivity index (χ1v) is 9.89. The van der Waals surface area contributed by atoms with E-state index in [1.165, 1.54) is 11.1 Å². The second kappa shape index (κ2) is 12.9. The average molecular weight is 439 g/mol. The molecule has 0 atom stereocenters. The van der Waals surface area contributed by atoms with Crippen LogP contribution in [0.3, 0.4) is 0 Å². The molecule has 1 aliphatic rings. The van der Waals surface area contributed by atoms with Crippen LogP contribution in [0.15, 0.2) is 48.5 Å². The van der Waals surface area contributed by atoms with Crippen LogP contribution < -0.4 is 4.74 Å². The van der Waals surface area contributed by atoms with E-state index in [0.717, 1.165) is 44.8 Å². The fourth-order valence-electron chi connectivity index (χ4n) is 3.46. The van der Waals surface area contributed by atoms with Gasteiger partial charge in [0, 0.05) is 26.2 Å². The summed E-state index contributed by atoms with van der Waals surface area (Å²) in [4.78, 5) is 17.4. The Kier molecular flexibility index (Phi) is 11.3. The van der Waals surface area contributed by atoms with Crippen LogP contribution in [0, 0.1) is 0 Å². The van der Waals surface area contributed by atoms with E-state index in [9.17, 15) is 4.79 Å². The van der Waals surface area contributed by atoms with Crippen LogP contribution >= 0.6 is 24.8 Å². The first-order valence-electron chi connectivity index (χ1n) is 9.89. The van der Waals surface area contributed by atoms with Gasteiger partial charge in [0.15, 0.2) is 5.78 Å². The second-order valence-corrected chi connectivity index (χ2v) is 7.25. The van der Waals surface area contributed by atoms with Gasteiger partial charge in [-0.25, -0.2) is 0 Å². The molecule has 2 aromatic carbocycles. The molecule has 1 fully saturated rings. The highest BCUT2D eigenvalue weighted by atomic mass is 35.5. The largest absolute Gasteiger partial charge is 0.493 e. The molecule has 160 valence electrons. The summed E-state index contributed by atoms with van der Waals surface area (Å²) in [6.45, 7) is 6.93. The Bertz CT molecular complexity index is 748. The normalized spacial score (nSPS) is 14.6. The van der Waals surface area contributed by atoms with Gasteiger partial charge in [-0.2, -0.15) is 0 Å². The molecule has 0 aromatic heterocycles. The van der Waals surface area contributed by atoms with Crippen molar-refractivity contribution in [3.8, 4) is 5.75 Å². The first-order chi connectivity index (χ1) is 13.2. The predicted octanol–water partition coefficient (Wildman–Crippen LogP) is 4.14. The molecule has 1 aliphatic heterocycles. The lowest BCUT2D eigenvalue weighted by Crippen LogP contribution is -2.46. The summed E-state index contributed by atoms with van der Waals surface area (Å²) < 4.78 is 5.81. The molecule has 0 N–H and O–H groups in total. The Morgan fingerprint density at radius 3 is 2.24 bits per heavy atom. The number of ether oxygens (including phenoxy) is 1. The van der Waals surface area contributed by atoms with E-state index < -0.39 is 0 Å². The van der Waals surface area contributed by atoms with Gasteiger partial charge in [-0.15, -0.1) is 24.8 Å². The van der Waals surface area contributed by atoms with Crippen LogP contribution in [0.5, 0.6) is 5.75 Å². The molecule has 29 heavy (non-hydrogen) atoms. The van der Waals surface area contributed by atoms with E-state index >= 15 is 0 Å². The molecule has 0 spiro atoms. The van der Waals surface area contributed by atoms with Crippen molar-refractivity contribution in [2.24, 2.45) is 0 Å². The third kappa shape index (κ3) is 7.63. The molecule has 0 amide bonds. The molecule has 1 saturated heterocycles. The number of hydrogen-bond donors (Lipinski definition) is 0. The number of likely N-dealkylation sites (N-methyl/N-ethyl adjacent to an activating group) is 1. The maximum atomic E-state index is 12.8. The fraction of sp³-hybridized carbons (Fsp3) is 0.435. The highest BCUT2D eigenvalue weighted by Gasteiger charge is 2.20. The molecule has 0 radical (unpaired) electrons. The minimum atomic E-state index is 0. The Labute approximate surface area is 187 Å². The molecule has 6 heteroatoms. The number of carbonyl (C=O) groups is 1. The van der Waals surface area contributed by atoms with E-state index in [-0.39, 0.29) is 30.6 Å². The molecular weight excluding hydrogens is 407 g/mol. The van der Waals surface area contributed by atoms with Crippen molar-refractivity contribution in [2.75, 3.05) is 46.4 Å². The van der Waals surface area contributed by atoms with Gasteiger partial charge in [-0.05, 0) is 50.1 Å². The number of carbonyl (C=O) groups excluding carboxylic acids is 1. The molecule has 4 nitrogen and oxygen atoms in total. The summed E-state index contributed by atoms with van der Waals surface area (Å²) in [5.41, 5.74) is 3.24. The molecule has 0 saturated carbocycles. The standard InChI is InChI=1S/C23H30N2O2.2ClH/c1-3-27-23-17-20(10-9-19-7-5-4-6-8-19)11-12-21(23)22(26)18-25-15-13-24(2)14-16-25;;/h4-8,11-12,17H,3,9-10,13-16,18H2,1-2H3;2*1H. The zero-order valence-electron chi connectivity index (χ0n) is 17.3. The zero-order valence-corrected chi connectivity index (χ0v) is 18.9. The Balaban J connectivity index is 0.00000210. The lowest BCUT2D eigenvalue weighted by molar-refractivity contribution is 0.0873. The number of nitrogens with zero attached hydrogens (tertiary/aromatic N) is 2. The number of rotatable bonds is 8. The monoisotopic (exact) mass is 438 g/mol. The van der Waals surface area contributed by atoms with Crippen molar-refractivity contribution in [1.82, 2.24) is 9.80 Å². The number of hydrogen-bond acceptors (Lipinski definition) is 4. The van der Waals surface area contributed by atoms with Crippen LogP contribution in [0.2, 0.25) is 0 Å². The van der Waals surface area contributed by atoms with Crippen LogP contribution in [-0.4, -0.2) is 62.0 Å². The average Bonchev–Trinajstić information content (AvgIpc) is 2.69. The minimum absolute atomic E-state index is 0. The summed E-state index contributed by atoms with van der Waals surface area (Å²) >= 11 is 0. The molecular formula is C23H32Cl2N2O2. The van der Waals surface area contributed by atoms with Gasteiger partial charge < -0.3 is 9.64 Å². The van der Waals surface area contributed by atoms with Crippen LogP contribution in [0.25, 0.3) is 0 Å². The Morgan fingerprint density at radius 1 is 0.931 bits per heavy atom. The summed E-state index contributed by atoms with van der Waals surface area (Å²) in [7, 11) is 2.13. The van der Waals surface area contributed by atoms with E-state index in [1.807, 2.05) is 25.1 Å². The van der Waals surface area contributed by atoms with Crippen molar-refractivity contribution in [1.29, 1.82) is 0 Å². The van der Waals surface area contributed by atoms with Crippen LogP contribution in [-0.2, 0) is 12.8 Å². The third-order valence-corrected chi connectivity index (χ3v) is 5.15. The predicted molar refractivity (Wildman–Crippen MR) is 124 cm³/mol. The quantitative estimate of drug-likeness (QED) is 0.579. The number of aryl methyl sites for hydroxylation is 2. The zero-order chi connectivity index (χ0) is 19.1.